The molecule has 0 saturated carbocycles. The maximum absolute atomic E-state index is 12.9. The first-order chi connectivity index (χ1) is 18.1. The number of esters is 1. The maximum atomic E-state index is 12.9. The molecule has 0 atom stereocenters. The Labute approximate surface area is 218 Å². The first-order valence-electron chi connectivity index (χ1n) is 11.8. The van der Waals surface area contributed by atoms with Crippen LogP contribution in [-0.4, -0.2) is 27.3 Å². The van der Waals surface area contributed by atoms with Gasteiger partial charge in [-0.05, 0) is 48.6 Å². The van der Waals surface area contributed by atoms with Crippen LogP contribution < -0.4 is 14.2 Å². The quantitative estimate of drug-likeness (QED) is 0.235. The summed E-state index contributed by atoms with van der Waals surface area (Å²) in [7, 11) is 4.69. The van der Waals surface area contributed by atoms with E-state index in [1.807, 2.05) is 78.9 Å². The van der Waals surface area contributed by atoms with Gasteiger partial charge in [0, 0.05) is 36.9 Å². The zero-order valence-corrected chi connectivity index (χ0v) is 21.4. The van der Waals surface area contributed by atoms with E-state index in [1.165, 1.54) is 7.11 Å². The third-order valence-electron chi connectivity index (χ3n) is 6.85. The highest BCUT2D eigenvalue weighted by atomic mass is 32.1. The first-order valence-corrected chi connectivity index (χ1v) is 12.6. The van der Waals surface area contributed by atoms with Crippen molar-refractivity contribution >= 4 is 43.6 Å². The van der Waals surface area contributed by atoms with Crippen molar-refractivity contribution in [1.29, 1.82) is 0 Å². The Morgan fingerprint density at radius 1 is 0.811 bits per heavy atom. The molecule has 0 N–H and O–H groups in total. The molecule has 5 nitrogen and oxygen atoms in total. The van der Waals surface area contributed by atoms with Crippen molar-refractivity contribution < 1.29 is 23.7 Å². The lowest BCUT2D eigenvalue weighted by Crippen LogP contribution is -2.34. The highest BCUT2D eigenvalue weighted by Gasteiger charge is 2.39. The number of rotatable bonds is 5. The van der Waals surface area contributed by atoms with Crippen molar-refractivity contribution in [3.05, 3.63) is 107 Å². The van der Waals surface area contributed by atoms with E-state index in [2.05, 4.69) is 12.1 Å². The van der Waals surface area contributed by atoms with Gasteiger partial charge in [-0.3, -0.25) is 0 Å². The molecule has 2 heterocycles. The zero-order valence-electron chi connectivity index (χ0n) is 20.6. The Morgan fingerprint density at radius 3 is 2.03 bits per heavy atom. The van der Waals surface area contributed by atoms with E-state index >= 15 is 0 Å². The van der Waals surface area contributed by atoms with Crippen LogP contribution in [0, 0.1) is 0 Å². The van der Waals surface area contributed by atoms with Crippen LogP contribution in [-0.2, 0) is 10.3 Å². The molecule has 6 rings (SSSR count). The second-order valence-corrected chi connectivity index (χ2v) is 9.84. The summed E-state index contributed by atoms with van der Waals surface area (Å²) in [6.45, 7) is 0. The lowest BCUT2D eigenvalue weighted by Gasteiger charge is -2.37. The van der Waals surface area contributed by atoms with Gasteiger partial charge >= 0.3 is 5.97 Å². The molecule has 0 radical (unpaired) electrons. The average molecular weight is 509 g/mol. The van der Waals surface area contributed by atoms with Crippen molar-refractivity contribution in [1.82, 2.24) is 0 Å². The average Bonchev–Trinajstić information content (AvgIpc) is 3.35. The Hall–Kier alpha value is -4.29. The number of fused-ring (bicyclic) bond motifs is 5. The van der Waals surface area contributed by atoms with Crippen molar-refractivity contribution in [2.24, 2.45) is 0 Å². The molecule has 5 aromatic rings. The minimum absolute atomic E-state index is 0.398. The van der Waals surface area contributed by atoms with E-state index in [1.54, 1.807) is 25.6 Å². The Kier molecular flexibility index (Phi) is 5.61. The lowest BCUT2D eigenvalue weighted by molar-refractivity contribution is 0.0599. The SMILES string of the molecule is COC(=O)c1cc2sc3ccccc3c2c2c1C=CC(c1ccc(OC)cc1)(c1ccc(OC)cc1)O2. The summed E-state index contributed by atoms with van der Waals surface area (Å²) in [4.78, 5) is 12.9. The van der Waals surface area contributed by atoms with Crippen LogP contribution in [0.15, 0.2) is 84.9 Å². The second kappa shape index (κ2) is 8.98. The number of hydrogen-bond donors (Lipinski definition) is 0. The number of thiophene rings is 1. The number of ether oxygens (including phenoxy) is 4. The molecule has 4 aromatic carbocycles. The van der Waals surface area contributed by atoms with Crippen LogP contribution in [0.4, 0.5) is 0 Å². The monoisotopic (exact) mass is 508 g/mol. The van der Waals surface area contributed by atoms with Crippen LogP contribution in [0.1, 0.15) is 27.0 Å². The molecule has 37 heavy (non-hydrogen) atoms. The first kappa shape index (κ1) is 23.1. The molecule has 1 aliphatic rings. The van der Waals surface area contributed by atoms with E-state index < -0.39 is 11.6 Å². The van der Waals surface area contributed by atoms with Crippen molar-refractivity contribution in [3.8, 4) is 17.2 Å². The minimum Gasteiger partial charge on any atom is -0.497 e. The van der Waals surface area contributed by atoms with Gasteiger partial charge in [-0.15, -0.1) is 11.3 Å². The number of methoxy groups -OCH3 is 3. The highest BCUT2D eigenvalue weighted by Crippen LogP contribution is 2.50. The summed E-state index contributed by atoms with van der Waals surface area (Å²) >= 11 is 1.63. The molecular formula is C31H24O5S. The maximum Gasteiger partial charge on any atom is 0.338 e. The van der Waals surface area contributed by atoms with Crippen LogP contribution in [0.3, 0.4) is 0 Å². The molecule has 1 aromatic heterocycles. The molecule has 0 amide bonds. The van der Waals surface area contributed by atoms with E-state index in [9.17, 15) is 4.79 Å². The summed E-state index contributed by atoms with van der Waals surface area (Å²) < 4.78 is 25.1. The fourth-order valence-corrected chi connectivity index (χ4v) is 6.11. The molecule has 0 bridgehead atoms. The largest absolute Gasteiger partial charge is 0.497 e. The topological polar surface area (TPSA) is 54.0 Å². The van der Waals surface area contributed by atoms with Crippen molar-refractivity contribution in [3.63, 3.8) is 0 Å². The fraction of sp³-hybridized carbons (Fsp3) is 0.129. The van der Waals surface area contributed by atoms with Gasteiger partial charge in [0.15, 0.2) is 5.60 Å². The van der Waals surface area contributed by atoms with E-state index in [0.29, 0.717) is 16.9 Å². The minimum atomic E-state index is -0.948. The Balaban J connectivity index is 1.65. The molecule has 0 spiro atoms. The summed E-state index contributed by atoms with van der Waals surface area (Å²) in [5, 5.41) is 2.07. The predicted molar refractivity (Wildman–Crippen MR) is 147 cm³/mol. The number of benzene rings is 4. The molecule has 0 fully saturated rings. The molecule has 0 saturated heterocycles. The third-order valence-corrected chi connectivity index (χ3v) is 7.97. The van der Waals surface area contributed by atoms with Crippen LogP contribution in [0.25, 0.3) is 26.2 Å². The normalized spacial score (nSPS) is 13.7. The van der Waals surface area contributed by atoms with Crippen LogP contribution >= 0.6 is 11.3 Å². The molecule has 1 aliphatic heterocycles. The highest BCUT2D eigenvalue weighted by molar-refractivity contribution is 7.25. The van der Waals surface area contributed by atoms with Gasteiger partial charge < -0.3 is 18.9 Å². The Bertz CT molecular complexity index is 1620. The summed E-state index contributed by atoms with van der Waals surface area (Å²) in [5.41, 5.74) is 2.09. The van der Waals surface area contributed by atoms with E-state index in [-0.39, 0.29) is 0 Å². The van der Waals surface area contributed by atoms with Gasteiger partial charge in [0.1, 0.15) is 17.2 Å². The van der Waals surface area contributed by atoms with Gasteiger partial charge in [-0.1, -0.05) is 42.5 Å². The number of hydrogen-bond acceptors (Lipinski definition) is 6. The van der Waals surface area contributed by atoms with Gasteiger partial charge in [0.05, 0.1) is 26.9 Å². The second-order valence-electron chi connectivity index (χ2n) is 8.76. The molecular weight excluding hydrogens is 484 g/mol. The van der Waals surface area contributed by atoms with Gasteiger partial charge in [0.25, 0.3) is 0 Å². The third kappa shape index (κ3) is 3.64. The van der Waals surface area contributed by atoms with Gasteiger partial charge in [-0.2, -0.15) is 0 Å². The van der Waals surface area contributed by atoms with Crippen LogP contribution in [0.5, 0.6) is 17.2 Å². The fourth-order valence-electron chi connectivity index (χ4n) is 4.97. The summed E-state index contributed by atoms with van der Waals surface area (Å²) in [6.07, 6.45) is 3.98. The van der Waals surface area contributed by atoms with Gasteiger partial charge in [0.2, 0.25) is 0 Å². The lowest BCUT2D eigenvalue weighted by atomic mass is 9.82. The summed E-state index contributed by atoms with van der Waals surface area (Å²) in [6, 6.07) is 25.8. The standard InChI is InChI=1S/C31H24O5S/c1-33-21-12-8-19(9-13-21)31(20-10-14-22(34-2)15-11-20)17-16-23-25(30(32)35-3)18-27-28(29(23)36-31)24-6-4-5-7-26(24)37-27/h4-18H,1-3H3. The van der Waals surface area contributed by atoms with E-state index in [0.717, 1.165) is 42.8 Å². The van der Waals surface area contributed by atoms with Crippen molar-refractivity contribution in [2.75, 3.05) is 21.3 Å². The summed E-state index contributed by atoms with van der Waals surface area (Å²) in [5.74, 6) is 1.77. The zero-order chi connectivity index (χ0) is 25.6. The van der Waals surface area contributed by atoms with Crippen molar-refractivity contribution in [2.45, 2.75) is 5.60 Å². The van der Waals surface area contributed by atoms with E-state index in [4.69, 9.17) is 18.9 Å². The number of carbonyl (C=O) groups excluding carboxylic acids is 1. The Morgan fingerprint density at radius 2 is 1.43 bits per heavy atom. The predicted octanol–water partition coefficient (Wildman–Crippen LogP) is 7.21. The van der Waals surface area contributed by atoms with Crippen LogP contribution in [0.2, 0.25) is 0 Å². The molecule has 6 heteroatoms. The smallest absolute Gasteiger partial charge is 0.338 e. The molecule has 184 valence electrons. The molecule has 0 aliphatic carbocycles. The molecule has 0 unspecified atom stereocenters. The number of carbonyl (C=O) groups is 1. The van der Waals surface area contributed by atoms with Gasteiger partial charge in [-0.25, -0.2) is 4.79 Å².